The molecule has 1 N–H and O–H groups in total. The van der Waals surface area contributed by atoms with Crippen LogP contribution in [-0.2, 0) is 9.53 Å². The van der Waals surface area contributed by atoms with Gasteiger partial charge in [-0.2, -0.15) is 5.10 Å². The Morgan fingerprint density at radius 1 is 1.12 bits per heavy atom. The molecule has 4 rings (SSSR count). The van der Waals surface area contributed by atoms with E-state index in [9.17, 15) is 14.4 Å². The molecular formula is C23H31N5O4. The minimum absolute atomic E-state index is 0.264. The molecule has 32 heavy (non-hydrogen) atoms. The summed E-state index contributed by atoms with van der Waals surface area (Å²) < 4.78 is 7.17. The van der Waals surface area contributed by atoms with Crippen molar-refractivity contribution < 1.29 is 19.1 Å². The van der Waals surface area contributed by atoms with Crippen molar-refractivity contribution in [1.29, 1.82) is 0 Å². The van der Waals surface area contributed by atoms with Crippen LogP contribution in [0.2, 0.25) is 0 Å². The minimum Gasteiger partial charge on any atom is -0.444 e. The van der Waals surface area contributed by atoms with Gasteiger partial charge in [0.2, 0.25) is 5.91 Å². The van der Waals surface area contributed by atoms with E-state index in [0.717, 1.165) is 23.1 Å². The Labute approximate surface area is 188 Å². The van der Waals surface area contributed by atoms with E-state index < -0.39 is 11.6 Å². The van der Waals surface area contributed by atoms with Gasteiger partial charge in [-0.1, -0.05) is 26.0 Å². The van der Waals surface area contributed by atoms with E-state index in [4.69, 9.17) is 4.74 Å². The lowest BCUT2D eigenvalue weighted by atomic mass is 10.0. The van der Waals surface area contributed by atoms with Crippen molar-refractivity contribution in [2.24, 2.45) is 0 Å². The fraction of sp³-hybridized carbons (Fsp3) is 0.478. The Balaban J connectivity index is 0.00000141. The van der Waals surface area contributed by atoms with Crippen LogP contribution in [0.1, 0.15) is 53.0 Å². The summed E-state index contributed by atoms with van der Waals surface area (Å²) in [6.07, 6.45) is 6.26. The highest BCUT2D eigenvalue weighted by Gasteiger charge is 2.27. The molecule has 2 aromatic heterocycles. The first-order chi connectivity index (χ1) is 15.2. The van der Waals surface area contributed by atoms with E-state index in [1.54, 1.807) is 15.6 Å². The second kappa shape index (κ2) is 9.42. The van der Waals surface area contributed by atoms with Crippen molar-refractivity contribution in [3.8, 4) is 0 Å². The highest BCUT2D eigenvalue weighted by molar-refractivity contribution is 6.07. The van der Waals surface area contributed by atoms with Crippen LogP contribution in [0.5, 0.6) is 0 Å². The molecule has 2 aromatic rings. The first-order valence-electron chi connectivity index (χ1n) is 11.0. The molecule has 0 atom stereocenters. The van der Waals surface area contributed by atoms with Crippen LogP contribution in [0.25, 0.3) is 11.1 Å². The number of rotatable bonds is 2. The van der Waals surface area contributed by atoms with Crippen molar-refractivity contribution in [2.75, 3.05) is 24.5 Å². The summed E-state index contributed by atoms with van der Waals surface area (Å²) in [5.41, 5.74) is 3.09. The summed E-state index contributed by atoms with van der Waals surface area (Å²) >= 11 is 0. The molecule has 0 aromatic carbocycles. The van der Waals surface area contributed by atoms with Gasteiger partial charge in [0, 0.05) is 32.3 Å². The van der Waals surface area contributed by atoms with E-state index >= 15 is 0 Å². The van der Waals surface area contributed by atoms with Crippen molar-refractivity contribution in [3.63, 3.8) is 0 Å². The second-order valence-electron chi connectivity index (χ2n) is 8.44. The predicted octanol–water partition coefficient (Wildman–Crippen LogP) is 3.83. The Morgan fingerprint density at radius 2 is 1.88 bits per heavy atom. The zero-order chi connectivity index (χ0) is 23.5. The molecule has 172 valence electrons. The number of amides is 4. The molecule has 0 radical (unpaired) electrons. The van der Waals surface area contributed by atoms with E-state index in [-0.39, 0.29) is 18.4 Å². The van der Waals surface area contributed by atoms with Gasteiger partial charge in [-0.3, -0.25) is 15.0 Å². The summed E-state index contributed by atoms with van der Waals surface area (Å²) in [5.74, 6) is -0.264. The number of aromatic nitrogens is 2. The molecule has 1 saturated heterocycles. The summed E-state index contributed by atoms with van der Waals surface area (Å²) in [6, 6.07) is 3.48. The Morgan fingerprint density at radius 3 is 2.50 bits per heavy atom. The highest BCUT2D eigenvalue weighted by atomic mass is 16.6. The molecular weight excluding hydrogens is 410 g/mol. The molecule has 0 bridgehead atoms. The first kappa shape index (κ1) is 23.3. The van der Waals surface area contributed by atoms with Gasteiger partial charge in [0.25, 0.3) is 0 Å². The fourth-order valence-electron chi connectivity index (χ4n) is 3.59. The number of ether oxygens (including phenoxy) is 1. The molecule has 0 saturated carbocycles. The number of urea groups is 1. The SMILES string of the molecule is CC.CC(C)(C)OC(=O)N1CC=C(c2ccc3c(N4CCC(=O)NC4=O)cnn3c2)CC1. The number of nitrogens with one attached hydrogen (secondary N) is 1. The molecule has 2 aliphatic rings. The number of carbonyl (C=O) groups excluding carboxylic acids is 3. The number of imide groups is 1. The van der Waals surface area contributed by atoms with E-state index in [2.05, 4.69) is 10.4 Å². The third kappa shape index (κ3) is 5.09. The van der Waals surface area contributed by atoms with Crippen molar-refractivity contribution in [2.45, 2.75) is 53.1 Å². The van der Waals surface area contributed by atoms with Gasteiger partial charge in [-0.05, 0) is 44.4 Å². The number of hydrogen-bond acceptors (Lipinski definition) is 5. The van der Waals surface area contributed by atoms with Crippen LogP contribution >= 0.6 is 0 Å². The summed E-state index contributed by atoms with van der Waals surface area (Å²) in [5, 5.41) is 6.72. The maximum absolute atomic E-state index is 12.2. The standard InChI is InChI=1S/C21H25N5O4.C2H6/c1-21(2,3)30-20(29)24-9-6-14(7-10-24)15-4-5-16-17(12-22-26(16)13-15)25-11-8-18(27)23-19(25)28;1-2/h4-6,12-13H,7-11H2,1-3H3,(H,23,27,28);1-2H3. The topological polar surface area (TPSA) is 96.2 Å². The van der Waals surface area contributed by atoms with E-state index in [1.165, 1.54) is 4.90 Å². The average Bonchev–Trinajstić information content (AvgIpc) is 3.17. The van der Waals surface area contributed by atoms with Crippen molar-refractivity contribution in [3.05, 3.63) is 36.2 Å². The molecule has 1 fully saturated rings. The van der Waals surface area contributed by atoms with Crippen LogP contribution in [-0.4, -0.2) is 57.8 Å². The minimum atomic E-state index is -0.511. The van der Waals surface area contributed by atoms with Crippen LogP contribution in [0.4, 0.5) is 15.3 Å². The number of hydrogen-bond donors (Lipinski definition) is 1. The largest absolute Gasteiger partial charge is 0.444 e. The van der Waals surface area contributed by atoms with Gasteiger partial charge in [0.05, 0.1) is 17.4 Å². The first-order valence-corrected chi connectivity index (χ1v) is 11.0. The highest BCUT2D eigenvalue weighted by Crippen LogP contribution is 2.28. The average molecular weight is 442 g/mol. The van der Waals surface area contributed by atoms with Gasteiger partial charge < -0.3 is 9.64 Å². The number of nitrogens with zero attached hydrogens (tertiary/aromatic N) is 4. The third-order valence-electron chi connectivity index (χ3n) is 5.07. The van der Waals surface area contributed by atoms with Crippen LogP contribution < -0.4 is 10.2 Å². The molecule has 4 amide bonds. The number of carbonyl (C=O) groups is 3. The molecule has 2 aliphatic heterocycles. The van der Waals surface area contributed by atoms with E-state index in [1.807, 2.05) is 59.0 Å². The van der Waals surface area contributed by atoms with E-state index in [0.29, 0.717) is 25.3 Å². The Hall–Kier alpha value is -3.36. The zero-order valence-corrected chi connectivity index (χ0v) is 19.3. The van der Waals surface area contributed by atoms with Gasteiger partial charge in [-0.15, -0.1) is 0 Å². The lowest BCUT2D eigenvalue weighted by Gasteiger charge is -2.29. The van der Waals surface area contributed by atoms with Gasteiger partial charge in [0.1, 0.15) is 5.60 Å². The maximum Gasteiger partial charge on any atom is 0.410 e. The van der Waals surface area contributed by atoms with Gasteiger partial charge in [0.15, 0.2) is 0 Å². The zero-order valence-electron chi connectivity index (χ0n) is 19.3. The Kier molecular flexibility index (Phi) is 6.86. The smallest absolute Gasteiger partial charge is 0.410 e. The number of pyridine rings is 1. The molecule has 0 unspecified atom stereocenters. The lowest BCUT2D eigenvalue weighted by molar-refractivity contribution is -0.120. The normalized spacial score (nSPS) is 16.8. The number of anilines is 1. The molecule has 9 heteroatoms. The molecule has 0 aliphatic carbocycles. The predicted molar refractivity (Wildman–Crippen MR) is 122 cm³/mol. The molecule has 4 heterocycles. The monoisotopic (exact) mass is 441 g/mol. The summed E-state index contributed by atoms with van der Waals surface area (Å²) in [6.45, 7) is 11.0. The molecule has 9 nitrogen and oxygen atoms in total. The third-order valence-corrected chi connectivity index (χ3v) is 5.07. The summed E-state index contributed by atoms with van der Waals surface area (Å²) in [7, 11) is 0. The Bertz CT molecular complexity index is 1050. The quantitative estimate of drug-likeness (QED) is 0.764. The summed E-state index contributed by atoms with van der Waals surface area (Å²) in [4.78, 5) is 39.0. The lowest BCUT2D eigenvalue weighted by Crippen LogP contribution is -2.49. The van der Waals surface area contributed by atoms with Crippen LogP contribution in [0.3, 0.4) is 0 Å². The van der Waals surface area contributed by atoms with Gasteiger partial charge in [-0.25, -0.2) is 14.1 Å². The van der Waals surface area contributed by atoms with Crippen LogP contribution in [0.15, 0.2) is 30.6 Å². The van der Waals surface area contributed by atoms with Gasteiger partial charge >= 0.3 is 12.1 Å². The molecule has 0 spiro atoms. The van der Waals surface area contributed by atoms with Crippen molar-refractivity contribution >= 4 is 34.8 Å². The fourth-order valence-corrected chi connectivity index (χ4v) is 3.59. The number of fused-ring (bicyclic) bond motifs is 1. The van der Waals surface area contributed by atoms with Crippen LogP contribution in [0, 0.1) is 0 Å². The van der Waals surface area contributed by atoms with Crippen molar-refractivity contribution in [1.82, 2.24) is 19.8 Å². The maximum atomic E-state index is 12.2. The second-order valence-corrected chi connectivity index (χ2v) is 8.44.